The van der Waals surface area contributed by atoms with Crippen LogP contribution < -0.4 is 5.73 Å². The van der Waals surface area contributed by atoms with Crippen LogP contribution in [0.5, 0.6) is 0 Å². The molecule has 2 aromatic heterocycles. The molecule has 0 bridgehead atoms. The molecule has 0 saturated heterocycles. The van der Waals surface area contributed by atoms with Crippen LogP contribution in [0.25, 0.3) is 11.0 Å². The summed E-state index contributed by atoms with van der Waals surface area (Å²) in [6.45, 7) is 4.01. The summed E-state index contributed by atoms with van der Waals surface area (Å²) in [5.74, 6) is -0.147. The van der Waals surface area contributed by atoms with Crippen molar-refractivity contribution in [2.75, 3.05) is 12.0 Å². The van der Waals surface area contributed by atoms with E-state index in [1.807, 2.05) is 19.2 Å². The summed E-state index contributed by atoms with van der Waals surface area (Å²) in [6, 6.07) is 1.01. The van der Waals surface area contributed by atoms with Gasteiger partial charge in [-0.25, -0.2) is 4.79 Å². The highest BCUT2D eigenvalue weighted by Gasteiger charge is 2.43. The Bertz CT molecular complexity index is 746. The molecule has 0 spiro atoms. The Labute approximate surface area is 151 Å². The molecule has 2 heterocycles. The number of rotatable bonds is 9. The molecule has 0 unspecified atom stereocenters. The number of nitrogens with two attached hydrogens (primary N) is 1. The summed E-state index contributed by atoms with van der Waals surface area (Å²) in [4.78, 5) is 16.1. The Hall–Kier alpha value is -1.57. The first-order chi connectivity index (χ1) is 11.8. The number of aliphatic carboxylic acids is 1. The van der Waals surface area contributed by atoms with E-state index in [4.69, 9.17) is 10.2 Å². The van der Waals surface area contributed by atoms with Gasteiger partial charge in [0.1, 0.15) is 11.3 Å². The summed E-state index contributed by atoms with van der Waals surface area (Å²) in [5, 5.41) is 21.0. The molecule has 0 aliphatic heterocycles. The molecule has 2 rings (SSSR count). The molecule has 7 heteroatoms. The lowest BCUT2D eigenvalue weighted by Gasteiger charge is -2.29. The Morgan fingerprint density at radius 1 is 1.52 bits per heavy atom. The first-order valence-electron chi connectivity index (χ1n) is 8.40. The number of aryl methyl sites for hydroxylation is 2. The van der Waals surface area contributed by atoms with Gasteiger partial charge in [-0.15, -0.1) is 0 Å². The lowest BCUT2D eigenvalue weighted by Crippen LogP contribution is -2.57. The molecule has 0 saturated carbocycles. The van der Waals surface area contributed by atoms with Crippen molar-refractivity contribution in [3.8, 4) is 0 Å². The van der Waals surface area contributed by atoms with E-state index in [1.54, 1.807) is 6.20 Å². The monoisotopic (exact) mass is 366 g/mol. The second-order valence-corrected chi connectivity index (χ2v) is 7.33. The van der Waals surface area contributed by atoms with E-state index in [2.05, 4.69) is 11.9 Å². The molecule has 0 aliphatic rings. The number of thioether (sulfide) groups is 1. The van der Waals surface area contributed by atoms with Gasteiger partial charge in [0.15, 0.2) is 5.60 Å². The first-order valence-corrected chi connectivity index (χ1v) is 9.80. The largest absolute Gasteiger partial charge is 0.479 e. The fraction of sp³-hybridized carbons (Fsp3) is 0.556. The van der Waals surface area contributed by atoms with E-state index in [-0.39, 0.29) is 6.42 Å². The summed E-state index contributed by atoms with van der Waals surface area (Å²) < 4.78 is 5.92. The van der Waals surface area contributed by atoms with Gasteiger partial charge in [-0.3, -0.25) is 4.98 Å². The number of aromatic nitrogens is 1. The smallest absolute Gasteiger partial charge is 0.337 e. The molecule has 0 aromatic carbocycles. The van der Waals surface area contributed by atoms with Crippen molar-refractivity contribution in [1.82, 2.24) is 4.98 Å². The van der Waals surface area contributed by atoms with Crippen molar-refractivity contribution in [2.24, 2.45) is 5.73 Å². The van der Waals surface area contributed by atoms with Crippen LogP contribution in [0.4, 0.5) is 0 Å². The van der Waals surface area contributed by atoms with Gasteiger partial charge in [0.05, 0.1) is 11.7 Å². The standard InChI is InChI=1S/C18H26N2O4S/c1-4-5-6-12-7-13-14(20-9-11(2)16(13)24-12)8-18(23,17(21)22)15(19)10-25-3/h7,9,15,23H,4-6,8,10,19H2,1-3H3,(H,21,22)/t15-,18+/m0/s1. The molecule has 25 heavy (non-hydrogen) atoms. The molecule has 0 amide bonds. The van der Waals surface area contributed by atoms with E-state index in [9.17, 15) is 15.0 Å². The van der Waals surface area contributed by atoms with Crippen LogP contribution in [0.1, 0.15) is 36.8 Å². The number of fused-ring (bicyclic) bond motifs is 1. The highest BCUT2D eigenvalue weighted by Crippen LogP contribution is 2.29. The summed E-state index contributed by atoms with van der Waals surface area (Å²) in [7, 11) is 0. The SMILES string of the molecule is CCCCc1cc2c(C[C@](O)(C(=O)O)[C@@H](N)CSC)ncc(C)c2o1. The number of hydrogen-bond acceptors (Lipinski definition) is 6. The lowest BCUT2D eigenvalue weighted by molar-refractivity contribution is -0.160. The quantitative estimate of drug-likeness (QED) is 0.625. The van der Waals surface area contributed by atoms with E-state index < -0.39 is 17.6 Å². The van der Waals surface area contributed by atoms with E-state index in [1.165, 1.54) is 11.8 Å². The van der Waals surface area contributed by atoms with Gasteiger partial charge in [-0.05, 0) is 25.7 Å². The summed E-state index contributed by atoms with van der Waals surface area (Å²) in [6.07, 6.45) is 6.20. The van der Waals surface area contributed by atoms with E-state index in [0.29, 0.717) is 17.0 Å². The minimum Gasteiger partial charge on any atom is -0.479 e. The minimum atomic E-state index is -2.07. The van der Waals surface area contributed by atoms with Gasteiger partial charge in [-0.2, -0.15) is 11.8 Å². The number of carboxylic acids is 1. The Balaban J connectivity index is 2.43. The highest BCUT2D eigenvalue weighted by atomic mass is 32.2. The van der Waals surface area contributed by atoms with Crippen molar-refractivity contribution in [2.45, 2.75) is 51.2 Å². The Kier molecular flexibility index (Phi) is 6.48. The number of hydrogen-bond donors (Lipinski definition) is 3. The van der Waals surface area contributed by atoms with Crippen LogP contribution >= 0.6 is 11.8 Å². The van der Waals surface area contributed by atoms with Crippen LogP contribution in [0.2, 0.25) is 0 Å². The number of carboxylic acid groups (broad SMARTS) is 1. The number of unbranched alkanes of at least 4 members (excludes halogenated alkanes) is 1. The van der Waals surface area contributed by atoms with Crippen molar-refractivity contribution in [3.63, 3.8) is 0 Å². The van der Waals surface area contributed by atoms with E-state index in [0.717, 1.165) is 36.0 Å². The van der Waals surface area contributed by atoms with Crippen molar-refractivity contribution in [3.05, 3.63) is 29.3 Å². The van der Waals surface area contributed by atoms with Gasteiger partial charge in [-0.1, -0.05) is 13.3 Å². The van der Waals surface area contributed by atoms with Crippen LogP contribution in [-0.4, -0.2) is 44.8 Å². The van der Waals surface area contributed by atoms with Crippen LogP contribution in [0.15, 0.2) is 16.7 Å². The average Bonchev–Trinajstić information content (AvgIpc) is 3.00. The first kappa shape index (κ1) is 19.8. The summed E-state index contributed by atoms with van der Waals surface area (Å²) >= 11 is 1.40. The molecular weight excluding hydrogens is 340 g/mol. The number of nitrogens with zero attached hydrogens (tertiary/aromatic N) is 1. The molecule has 0 radical (unpaired) electrons. The Morgan fingerprint density at radius 2 is 2.24 bits per heavy atom. The van der Waals surface area contributed by atoms with Crippen LogP contribution in [-0.2, 0) is 17.6 Å². The number of furan rings is 1. The van der Waals surface area contributed by atoms with E-state index >= 15 is 0 Å². The fourth-order valence-corrected chi connectivity index (χ4v) is 3.44. The molecule has 2 atom stereocenters. The second-order valence-electron chi connectivity index (χ2n) is 6.41. The van der Waals surface area contributed by atoms with Crippen molar-refractivity contribution >= 4 is 28.7 Å². The van der Waals surface area contributed by atoms with Crippen molar-refractivity contribution in [1.29, 1.82) is 0 Å². The molecule has 0 fully saturated rings. The maximum Gasteiger partial charge on any atom is 0.337 e. The molecule has 6 nitrogen and oxygen atoms in total. The topological polar surface area (TPSA) is 110 Å². The molecule has 138 valence electrons. The maximum absolute atomic E-state index is 11.7. The zero-order valence-corrected chi connectivity index (χ0v) is 15.7. The van der Waals surface area contributed by atoms with Gasteiger partial charge in [0.25, 0.3) is 0 Å². The van der Waals surface area contributed by atoms with Crippen LogP contribution in [0, 0.1) is 6.92 Å². The van der Waals surface area contributed by atoms with Gasteiger partial charge in [0.2, 0.25) is 0 Å². The van der Waals surface area contributed by atoms with Gasteiger partial charge < -0.3 is 20.4 Å². The summed E-state index contributed by atoms with van der Waals surface area (Å²) in [5.41, 5.74) is 5.96. The average molecular weight is 366 g/mol. The highest BCUT2D eigenvalue weighted by molar-refractivity contribution is 7.98. The van der Waals surface area contributed by atoms with Gasteiger partial charge >= 0.3 is 5.97 Å². The minimum absolute atomic E-state index is 0.159. The third kappa shape index (κ3) is 4.16. The number of aliphatic hydroxyl groups is 1. The number of pyridine rings is 1. The predicted molar refractivity (Wildman–Crippen MR) is 100 cm³/mol. The van der Waals surface area contributed by atoms with Crippen LogP contribution in [0.3, 0.4) is 0 Å². The third-order valence-corrected chi connectivity index (χ3v) is 5.10. The number of carbonyl (C=O) groups is 1. The van der Waals surface area contributed by atoms with Crippen molar-refractivity contribution < 1.29 is 19.4 Å². The Morgan fingerprint density at radius 3 is 2.84 bits per heavy atom. The lowest BCUT2D eigenvalue weighted by atomic mass is 9.89. The second kappa shape index (κ2) is 8.21. The molecular formula is C18H26N2O4S. The zero-order chi connectivity index (χ0) is 18.6. The molecule has 4 N–H and O–H groups in total. The van der Waals surface area contributed by atoms with Gasteiger partial charge in [0, 0.05) is 35.7 Å². The third-order valence-electron chi connectivity index (χ3n) is 4.41. The fourth-order valence-electron chi connectivity index (χ4n) is 2.81. The molecule has 2 aromatic rings. The predicted octanol–water partition coefficient (Wildman–Crippen LogP) is 2.53. The zero-order valence-electron chi connectivity index (χ0n) is 14.9. The molecule has 0 aliphatic carbocycles. The maximum atomic E-state index is 11.7. The normalized spacial score (nSPS) is 15.2.